The molecule has 8 heteroatoms. The third kappa shape index (κ3) is 4.97. The summed E-state index contributed by atoms with van der Waals surface area (Å²) in [5.41, 5.74) is 10.3. The number of likely N-dealkylation sites (N-methyl/N-ethyl adjacent to an activating group) is 1. The molecule has 218 valence electrons. The predicted octanol–water partition coefficient (Wildman–Crippen LogP) is 6.97. The number of amides is 1. The Morgan fingerprint density at radius 3 is 2.70 bits per heavy atom. The summed E-state index contributed by atoms with van der Waals surface area (Å²) in [5.74, 6) is 0.857. The molecule has 2 bridgehead atoms. The van der Waals surface area contributed by atoms with Gasteiger partial charge in [0.25, 0.3) is 5.91 Å². The van der Waals surface area contributed by atoms with Gasteiger partial charge in [0.1, 0.15) is 5.82 Å². The molecule has 5 aromatic rings. The predicted molar refractivity (Wildman–Crippen MR) is 176 cm³/mol. The first kappa shape index (κ1) is 26.5. The van der Waals surface area contributed by atoms with Gasteiger partial charge in [0.15, 0.2) is 0 Å². The van der Waals surface area contributed by atoms with Crippen molar-refractivity contribution in [3.8, 4) is 0 Å². The molecular weight excluding hydrogens is 546 g/mol. The van der Waals surface area contributed by atoms with Crippen molar-refractivity contribution in [1.82, 2.24) is 19.9 Å². The number of piperidine rings is 1. The van der Waals surface area contributed by atoms with Crippen LogP contribution in [0.4, 0.5) is 28.6 Å². The van der Waals surface area contributed by atoms with Crippen LogP contribution in [0.25, 0.3) is 16.5 Å². The molecule has 44 heavy (non-hydrogen) atoms. The van der Waals surface area contributed by atoms with E-state index in [1.165, 1.54) is 29.5 Å². The summed E-state index contributed by atoms with van der Waals surface area (Å²) >= 11 is 0. The summed E-state index contributed by atoms with van der Waals surface area (Å²) in [4.78, 5) is 29.2. The molecule has 8 nitrogen and oxygen atoms in total. The Bertz CT molecular complexity index is 1950. The van der Waals surface area contributed by atoms with Crippen LogP contribution in [0.3, 0.4) is 0 Å². The van der Waals surface area contributed by atoms with Gasteiger partial charge in [-0.1, -0.05) is 18.2 Å². The number of carbonyl (C=O) groups excluding carboxylic acids is 1. The third-order valence-electron chi connectivity index (χ3n) is 9.24. The largest absolute Gasteiger partial charge is 0.355 e. The van der Waals surface area contributed by atoms with Crippen molar-refractivity contribution in [2.75, 3.05) is 29.5 Å². The van der Waals surface area contributed by atoms with Gasteiger partial charge >= 0.3 is 0 Å². The average molecular weight is 580 g/mol. The maximum Gasteiger partial charge on any atom is 0.256 e. The molecule has 3 aliphatic heterocycles. The van der Waals surface area contributed by atoms with Crippen LogP contribution in [0.15, 0.2) is 91.5 Å². The maximum absolute atomic E-state index is 13.3. The van der Waals surface area contributed by atoms with Gasteiger partial charge in [-0.25, -0.2) is 4.98 Å². The summed E-state index contributed by atoms with van der Waals surface area (Å²) in [5, 5.41) is 11.1. The molecule has 3 N–H and O–H groups in total. The van der Waals surface area contributed by atoms with Crippen LogP contribution >= 0.6 is 0 Å². The van der Waals surface area contributed by atoms with Crippen molar-refractivity contribution in [3.05, 3.63) is 114 Å². The highest BCUT2D eigenvalue weighted by Gasteiger charge is 2.33. The van der Waals surface area contributed by atoms with Crippen molar-refractivity contribution in [2.24, 2.45) is 5.92 Å². The standard InChI is InChI=1S/C36H33N7O/c1-43-21-26-7-9-28(43)17-29(26)22-8-10-32-30(16-22)33(12-14-38-32)40-27-4-2-3-23(15-27)36(44)42-35-18-34-25(20-39-35)6-5-24-19-37-13-11-31(24)41-34/h2-4,8,10-20,26,28,41H,5-7,9,21H2,1H3,(H,38,40)(H,39,42,44)/t26-,28-/m0/s1. The van der Waals surface area contributed by atoms with E-state index < -0.39 is 0 Å². The monoisotopic (exact) mass is 579 g/mol. The first-order valence-corrected chi connectivity index (χ1v) is 15.3. The van der Waals surface area contributed by atoms with Crippen molar-refractivity contribution in [1.29, 1.82) is 0 Å². The number of rotatable bonds is 5. The van der Waals surface area contributed by atoms with Crippen LogP contribution in [0.5, 0.6) is 0 Å². The molecule has 2 aromatic carbocycles. The molecule has 9 rings (SSSR count). The van der Waals surface area contributed by atoms with E-state index in [0.29, 0.717) is 23.3 Å². The SMILES string of the molecule is CN1C[C@@H]2CC[C@H]1C=C2c1ccc2nccc(Nc3cccc(C(=O)Nc4cc5c(cn4)CCc4cnccc4N5)c3)c2c1. The number of aryl methyl sites for hydroxylation is 2. The third-order valence-corrected chi connectivity index (χ3v) is 9.24. The number of hydrogen-bond donors (Lipinski definition) is 3. The first-order chi connectivity index (χ1) is 21.6. The van der Waals surface area contributed by atoms with E-state index in [9.17, 15) is 4.79 Å². The minimum Gasteiger partial charge on any atom is -0.355 e. The summed E-state index contributed by atoms with van der Waals surface area (Å²) in [7, 11) is 2.23. The summed E-state index contributed by atoms with van der Waals surface area (Å²) < 4.78 is 0. The minimum atomic E-state index is -0.217. The minimum absolute atomic E-state index is 0.217. The number of aromatic nitrogens is 3. The van der Waals surface area contributed by atoms with E-state index in [1.54, 1.807) is 6.20 Å². The van der Waals surface area contributed by atoms with Crippen molar-refractivity contribution < 1.29 is 4.79 Å². The topological polar surface area (TPSA) is 95.1 Å². The smallest absolute Gasteiger partial charge is 0.256 e. The molecule has 1 aliphatic carbocycles. The maximum atomic E-state index is 13.3. The Labute approximate surface area is 256 Å². The summed E-state index contributed by atoms with van der Waals surface area (Å²) in [6.45, 7) is 1.12. The molecule has 0 radical (unpaired) electrons. The first-order valence-electron chi connectivity index (χ1n) is 15.3. The lowest BCUT2D eigenvalue weighted by molar-refractivity contribution is 0.102. The fourth-order valence-electron chi connectivity index (χ4n) is 6.85. The number of nitrogens with zero attached hydrogens (tertiary/aromatic N) is 4. The van der Waals surface area contributed by atoms with Crippen LogP contribution in [-0.2, 0) is 12.8 Å². The number of pyridine rings is 3. The number of anilines is 5. The van der Waals surface area contributed by atoms with Crippen molar-refractivity contribution >= 4 is 51.0 Å². The number of fused-ring (bicyclic) bond motifs is 5. The molecule has 1 amide bonds. The van der Waals surface area contributed by atoms with E-state index >= 15 is 0 Å². The Hall–Kier alpha value is -5.08. The Balaban J connectivity index is 1.03. The average Bonchev–Trinajstić information content (AvgIpc) is 3.24. The molecule has 2 atom stereocenters. The molecule has 6 heterocycles. The zero-order valence-electron chi connectivity index (χ0n) is 24.5. The van der Waals surface area contributed by atoms with Crippen LogP contribution in [0, 0.1) is 5.92 Å². The zero-order valence-corrected chi connectivity index (χ0v) is 24.5. The highest BCUT2D eigenvalue weighted by molar-refractivity contribution is 6.05. The van der Waals surface area contributed by atoms with Crippen molar-refractivity contribution in [3.63, 3.8) is 0 Å². The van der Waals surface area contributed by atoms with Gasteiger partial charge in [0.2, 0.25) is 0 Å². The lowest BCUT2D eigenvalue weighted by atomic mass is 9.77. The van der Waals surface area contributed by atoms with Crippen LogP contribution < -0.4 is 16.0 Å². The second-order valence-corrected chi connectivity index (χ2v) is 12.0. The summed E-state index contributed by atoms with van der Waals surface area (Å²) in [6, 6.07) is 20.5. The highest BCUT2D eigenvalue weighted by Crippen LogP contribution is 2.40. The molecule has 0 saturated carbocycles. The fraction of sp³-hybridized carbons (Fsp3) is 0.222. The molecule has 1 fully saturated rings. The van der Waals surface area contributed by atoms with Gasteiger partial charge in [-0.05, 0) is 103 Å². The summed E-state index contributed by atoms with van der Waals surface area (Å²) in [6.07, 6.45) is 14.0. The number of nitrogens with one attached hydrogen (secondary N) is 3. The lowest BCUT2D eigenvalue weighted by Crippen LogP contribution is -2.43. The van der Waals surface area contributed by atoms with Gasteiger partial charge in [-0.2, -0.15) is 0 Å². The van der Waals surface area contributed by atoms with E-state index in [4.69, 9.17) is 0 Å². The van der Waals surface area contributed by atoms with Crippen LogP contribution in [0.1, 0.15) is 39.9 Å². The van der Waals surface area contributed by atoms with Gasteiger partial charge in [0, 0.05) is 77.1 Å². The second-order valence-electron chi connectivity index (χ2n) is 12.0. The highest BCUT2D eigenvalue weighted by atomic mass is 16.1. The molecule has 4 aliphatic rings. The lowest BCUT2D eigenvalue weighted by Gasteiger charge is -2.42. The Morgan fingerprint density at radius 2 is 1.84 bits per heavy atom. The quantitative estimate of drug-likeness (QED) is 0.207. The fourth-order valence-corrected chi connectivity index (χ4v) is 6.85. The van der Waals surface area contributed by atoms with E-state index in [1.807, 2.05) is 61.1 Å². The number of carbonyl (C=O) groups is 1. The molecule has 0 unspecified atom stereocenters. The zero-order chi connectivity index (χ0) is 29.6. The van der Waals surface area contributed by atoms with Gasteiger partial charge in [-0.3, -0.25) is 19.7 Å². The Morgan fingerprint density at radius 1 is 0.932 bits per heavy atom. The van der Waals surface area contributed by atoms with Crippen molar-refractivity contribution in [2.45, 2.75) is 31.7 Å². The Kier molecular flexibility index (Phi) is 6.56. The molecular formula is C36H33N7O. The number of benzene rings is 2. The van der Waals surface area contributed by atoms with E-state index in [-0.39, 0.29) is 5.91 Å². The normalized spacial score (nSPS) is 18.9. The second kappa shape index (κ2) is 10.9. The van der Waals surface area contributed by atoms with E-state index in [0.717, 1.165) is 58.6 Å². The van der Waals surface area contributed by atoms with Crippen LogP contribution in [-0.4, -0.2) is 45.4 Å². The van der Waals surface area contributed by atoms with Gasteiger partial charge in [-0.15, -0.1) is 0 Å². The molecule has 0 spiro atoms. The molecule has 1 saturated heterocycles. The van der Waals surface area contributed by atoms with Gasteiger partial charge in [0.05, 0.1) is 5.52 Å². The van der Waals surface area contributed by atoms with Gasteiger partial charge < -0.3 is 16.0 Å². The molecule has 3 aromatic heterocycles. The van der Waals surface area contributed by atoms with Crippen LogP contribution in [0.2, 0.25) is 0 Å². The number of hydrogen-bond acceptors (Lipinski definition) is 7. The van der Waals surface area contributed by atoms with E-state index in [2.05, 4.69) is 67.1 Å².